The molecule has 2 heterocycles. The summed E-state index contributed by atoms with van der Waals surface area (Å²) in [5.41, 5.74) is 6.73. The van der Waals surface area contributed by atoms with Crippen molar-refractivity contribution in [1.29, 1.82) is 0 Å². The number of methoxy groups -OCH3 is 1. The Morgan fingerprint density at radius 3 is 2.48 bits per heavy atom. The standard InChI is InChI=1S/C21H23N3O6S/c1-4-28-21(26)18-12(2)17-19(22)23-15(24-20(17)31-18)11-30-16(25)9-10-29-14-7-5-13(27-3)6-8-14/h5-8H,4,9-11H2,1-3H3,(H2,22,23,24). The van der Waals surface area contributed by atoms with Crippen molar-refractivity contribution in [1.82, 2.24) is 9.97 Å². The summed E-state index contributed by atoms with van der Waals surface area (Å²) in [5.74, 6) is 0.950. The minimum Gasteiger partial charge on any atom is -0.497 e. The van der Waals surface area contributed by atoms with Crippen molar-refractivity contribution in [2.75, 3.05) is 26.1 Å². The average Bonchev–Trinajstić information content (AvgIpc) is 3.10. The van der Waals surface area contributed by atoms with Crippen LogP contribution < -0.4 is 15.2 Å². The van der Waals surface area contributed by atoms with E-state index >= 15 is 0 Å². The molecule has 10 heteroatoms. The van der Waals surface area contributed by atoms with Crippen LogP contribution in [0.2, 0.25) is 0 Å². The van der Waals surface area contributed by atoms with Gasteiger partial charge >= 0.3 is 11.9 Å². The lowest BCUT2D eigenvalue weighted by atomic mass is 10.2. The number of anilines is 1. The fourth-order valence-corrected chi connectivity index (χ4v) is 3.91. The van der Waals surface area contributed by atoms with Crippen molar-refractivity contribution >= 4 is 39.3 Å². The molecule has 0 saturated carbocycles. The Hall–Kier alpha value is -3.40. The molecule has 164 valence electrons. The number of esters is 2. The zero-order valence-electron chi connectivity index (χ0n) is 17.5. The van der Waals surface area contributed by atoms with E-state index in [1.807, 2.05) is 0 Å². The average molecular weight is 445 g/mol. The number of hydrogen-bond acceptors (Lipinski definition) is 10. The van der Waals surface area contributed by atoms with E-state index in [1.165, 1.54) is 11.3 Å². The number of carbonyl (C=O) groups excluding carboxylic acids is 2. The first-order chi connectivity index (χ1) is 14.9. The summed E-state index contributed by atoms with van der Waals surface area (Å²) in [6.07, 6.45) is 0.0644. The summed E-state index contributed by atoms with van der Waals surface area (Å²) in [6, 6.07) is 7.05. The third-order valence-corrected chi connectivity index (χ3v) is 5.49. The molecule has 0 aliphatic heterocycles. The fourth-order valence-electron chi connectivity index (χ4n) is 2.81. The Labute approximate surface area is 183 Å². The Kier molecular flexibility index (Phi) is 7.24. The van der Waals surface area contributed by atoms with E-state index in [2.05, 4.69) is 9.97 Å². The first-order valence-corrected chi connectivity index (χ1v) is 10.4. The number of ether oxygens (including phenoxy) is 4. The van der Waals surface area contributed by atoms with Crippen LogP contribution in [-0.2, 0) is 20.9 Å². The van der Waals surface area contributed by atoms with Gasteiger partial charge in [0.05, 0.1) is 32.1 Å². The molecule has 0 spiro atoms. The molecule has 0 bridgehead atoms. The lowest BCUT2D eigenvalue weighted by Crippen LogP contribution is -2.11. The van der Waals surface area contributed by atoms with Gasteiger partial charge in [0.1, 0.15) is 27.0 Å². The van der Waals surface area contributed by atoms with Crippen LogP contribution in [0.3, 0.4) is 0 Å². The lowest BCUT2D eigenvalue weighted by molar-refractivity contribution is -0.145. The van der Waals surface area contributed by atoms with E-state index in [4.69, 9.17) is 24.7 Å². The van der Waals surface area contributed by atoms with Crippen molar-refractivity contribution in [3.05, 3.63) is 40.5 Å². The second kappa shape index (κ2) is 10.1. The molecule has 31 heavy (non-hydrogen) atoms. The quantitative estimate of drug-likeness (QED) is 0.494. The zero-order chi connectivity index (χ0) is 22.4. The van der Waals surface area contributed by atoms with Gasteiger partial charge in [0.25, 0.3) is 0 Å². The second-order valence-electron chi connectivity index (χ2n) is 6.42. The molecular formula is C21H23N3O6S. The summed E-state index contributed by atoms with van der Waals surface area (Å²) >= 11 is 1.17. The molecule has 3 rings (SSSR count). The molecule has 0 aliphatic carbocycles. The molecule has 0 saturated heterocycles. The van der Waals surface area contributed by atoms with Crippen LogP contribution in [0.5, 0.6) is 11.5 Å². The Morgan fingerprint density at radius 2 is 1.81 bits per heavy atom. The number of fused-ring (bicyclic) bond motifs is 1. The normalized spacial score (nSPS) is 10.7. The number of nitrogen functional groups attached to an aromatic ring is 1. The summed E-state index contributed by atoms with van der Waals surface area (Å²) < 4.78 is 20.9. The van der Waals surface area contributed by atoms with Gasteiger partial charge in [-0.3, -0.25) is 4.79 Å². The zero-order valence-corrected chi connectivity index (χ0v) is 18.3. The van der Waals surface area contributed by atoms with Gasteiger partial charge in [-0.1, -0.05) is 0 Å². The maximum absolute atomic E-state index is 12.1. The smallest absolute Gasteiger partial charge is 0.348 e. The summed E-state index contributed by atoms with van der Waals surface area (Å²) in [6.45, 7) is 3.82. The number of hydrogen-bond donors (Lipinski definition) is 1. The SMILES string of the molecule is CCOC(=O)c1sc2nc(COC(=O)CCOc3ccc(OC)cc3)nc(N)c2c1C. The van der Waals surface area contributed by atoms with Crippen LogP contribution in [0.15, 0.2) is 24.3 Å². The van der Waals surface area contributed by atoms with Crippen LogP contribution in [-0.4, -0.2) is 42.2 Å². The minimum atomic E-state index is -0.453. The summed E-state index contributed by atoms with van der Waals surface area (Å²) in [7, 11) is 1.58. The fraction of sp³-hybridized carbons (Fsp3) is 0.333. The Bertz CT molecular complexity index is 1080. The molecule has 0 radical (unpaired) electrons. The van der Waals surface area contributed by atoms with Gasteiger partial charge in [0, 0.05) is 0 Å². The maximum atomic E-state index is 12.1. The van der Waals surface area contributed by atoms with Crippen LogP contribution >= 0.6 is 11.3 Å². The molecule has 1 aromatic carbocycles. The molecule has 9 nitrogen and oxygen atoms in total. The number of benzene rings is 1. The predicted molar refractivity (Wildman–Crippen MR) is 115 cm³/mol. The van der Waals surface area contributed by atoms with Gasteiger partial charge in [0.15, 0.2) is 12.4 Å². The van der Waals surface area contributed by atoms with E-state index < -0.39 is 11.9 Å². The molecule has 0 amide bonds. The van der Waals surface area contributed by atoms with Gasteiger partial charge < -0.3 is 24.7 Å². The monoisotopic (exact) mass is 445 g/mol. The van der Waals surface area contributed by atoms with E-state index in [-0.39, 0.29) is 37.9 Å². The van der Waals surface area contributed by atoms with Crippen molar-refractivity contribution in [2.24, 2.45) is 0 Å². The molecule has 0 atom stereocenters. The van der Waals surface area contributed by atoms with Gasteiger partial charge in [0.2, 0.25) is 0 Å². The number of carbonyl (C=O) groups is 2. The first-order valence-electron chi connectivity index (χ1n) is 9.58. The van der Waals surface area contributed by atoms with Crippen LogP contribution in [0.4, 0.5) is 5.82 Å². The first kappa shape index (κ1) is 22.3. The Balaban J connectivity index is 1.57. The maximum Gasteiger partial charge on any atom is 0.348 e. The predicted octanol–water partition coefficient (Wildman–Crippen LogP) is 3.28. The van der Waals surface area contributed by atoms with Gasteiger partial charge in [-0.05, 0) is 43.7 Å². The second-order valence-corrected chi connectivity index (χ2v) is 7.42. The topological polar surface area (TPSA) is 123 Å². The highest BCUT2D eigenvalue weighted by Crippen LogP contribution is 2.33. The number of nitrogens with zero attached hydrogens (tertiary/aromatic N) is 2. The number of nitrogens with two attached hydrogens (primary N) is 1. The minimum absolute atomic E-state index is 0.0644. The van der Waals surface area contributed by atoms with Crippen LogP contribution in [0.1, 0.15) is 34.4 Å². The number of aryl methyl sites for hydroxylation is 1. The van der Waals surface area contributed by atoms with Gasteiger partial charge in [-0.2, -0.15) is 0 Å². The van der Waals surface area contributed by atoms with Gasteiger partial charge in [-0.15, -0.1) is 11.3 Å². The van der Waals surface area contributed by atoms with E-state index in [1.54, 1.807) is 45.2 Å². The molecule has 2 aromatic heterocycles. The highest BCUT2D eigenvalue weighted by molar-refractivity contribution is 7.20. The number of thiophene rings is 1. The number of aromatic nitrogens is 2. The Morgan fingerprint density at radius 1 is 1.10 bits per heavy atom. The van der Waals surface area contributed by atoms with Crippen molar-refractivity contribution < 1.29 is 28.5 Å². The van der Waals surface area contributed by atoms with E-state index in [0.29, 0.717) is 26.4 Å². The van der Waals surface area contributed by atoms with Crippen molar-refractivity contribution in [3.63, 3.8) is 0 Å². The number of rotatable bonds is 9. The molecule has 0 fully saturated rings. The third kappa shape index (κ3) is 5.40. The van der Waals surface area contributed by atoms with Crippen molar-refractivity contribution in [3.8, 4) is 11.5 Å². The van der Waals surface area contributed by atoms with Crippen molar-refractivity contribution in [2.45, 2.75) is 26.9 Å². The highest BCUT2D eigenvalue weighted by Gasteiger charge is 2.20. The third-order valence-electron chi connectivity index (χ3n) is 4.32. The van der Waals surface area contributed by atoms with E-state index in [9.17, 15) is 9.59 Å². The molecule has 0 unspecified atom stereocenters. The molecule has 3 aromatic rings. The molecule has 2 N–H and O–H groups in total. The summed E-state index contributed by atoms with van der Waals surface area (Å²) in [5, 5.41) is 0.607. The molecule has 0 aliphatic rings. The van der Waals surface area contributed by atoms with Gasteiger partial charge in [-0.25, -0.2) is 14.8 Å². The lowest BCUT2D eigenvalue weighted by Gasteiger charge is -2.08. The van der Waals surface area contributed by atoms with Crippen LogP contribution in [0, 0.1) is 6.92 Å². The summed E-state index contributed by atoms with van der Waals surface area (Å²) in [4.78, 5) is 33.7. The van der Waals surface area contributed by atoms with Crippen LogP contribution in [0.25, 0.3) is 10.2 Å². The largest absolute Gasteiger partial charge is 0.497 e. The highest BCUT2D eigenvalue weighted by atomic mass is 32.1. The molecular weight excluding hydrogens is 422 g/mol. The van der Waals surface area contributed by atoms with E-state index in [0.717, 1.165) is 5.75 Å².